The molecule has 2 heterocycles. The third-order valence-electron chi connectivity index (χ3n) is 5.03. The Kier molecular flexibility index (Phi) is 5.81. The number of halogens is 1. The van der Waals surface area contributed by atoms with Crippen molar-refractivity contribution in [3.8, 4) is 5.75 Å². The maximum atomic E-state index is 13.2. The summed E-state index contributed by atoms with van der Waals surface area (Å²) in [6.07, 6.45) is 2.20. The van der Waals surface area contributed by atoms with Gasteiger partial charge in [0, 0.05) is 23.2 Å². The molecule has 0 N–H and O–H groups in total. The number of ether oxygens (including phenoxy) is 1. The molecule has 3 aromatic rings. The van der Waals surface area contributed by atoms with Gasteiger partial charge in [-0.15, -0.1) is 0 Å². The van der Waals surface area contributed by atoms with E-state index in [9.17, 15) is 9.59 Å². The zero-order valence-electron chi connectivity index (χ0n) is 16.4. The fraction of sp³-hybridized carbons (Fsp3) is 0.174. The molecule has 0 saturated heterocycles. The molecular formula is C23H20BrN3O3. The maximum absolute atomic E-state index is 13.2. The van der Waals surface area contributed by atoms with Crippen LogP contribution in [0.4, 0.5) is 0 Å². The van der Waals surface area contributed by atoms with Gasteiger partial charge in [-0.2, -0.15) is 5.10 Å². The van der Waals surface area contributed by atoms with Crippen LogP contribution >= 0.6 is 15.9 Å². The van der Waals surface area contributed by atoms with Crippen LogP contribution in [-0.2, 0) is 11.3 Å². The standard InChI is InChI=1S/C23H20BrN3O3/c1-30-19-10-7-17(8-11-19)21-13-20(16-5-3-2-4-6-16)25-27(21)23(29)15-26-14-18(24)9-12-22(26)28/h2-12,14,21H,13,15H2,1H3/t21-/m1/s1. The number of pyridine rings is 1. The van der Waals surface area contributed by atoms with E-state index < -0.39 is 0 Å². The van der Waals surface area contributed by atoms with Gasteiger partial charge in [0.25, 0.3) is 11.5 Å². The number of rotatable bonds is 5. The predicted octanol–water partition coefficient (Wildman–Crippen LogP) is 4.00. The predicted molar refractivity (Wildman–Crippen MR) is 119 cm³/mol. The second-order valence-corrected chi connectivity index (χ2v) is 7.87. The first kappa shape index (κ1) is 20.1. The highest BCUT2D eigenvalue weighted by Crippen LogP contribution is 2.33. The van der Waals surface area contributed by atoms with Gasteiger partial charge in [-0.05, 0) is 45.3 Å². The largest absolute Gasteiger partial charge is 0.497 e. The SMILES string of the molecule is COc1ccc([C@H]2CC(c3ccccc3)=NN2C(=O)Cn2cc(Br)ccc2=O)cc1. The number of hydrogen-bond donors (Lipinski definition) is 0. The summed E-state index contributed by atoms with van der Waals surface area (Å²) in [6.45, 7) is -0.0868. The Hall–Kier alpha value is -3.19. The zero-order valence-corrected chi connectivity index (χ0v) is 18.0. The first-order valence-corrected chi connectivity index (χ1v) is 10.3. The molecule has 2 aromatic carbocycles. The first-order valence-electron chi connectivity index (χ1n) is 9.50. The second kappa shape index (κ2) is 8.67. The number of aromatic nitrogens is 1. The number of hydrogen-bond acceptors (Lipinski definition) is 4. The molecule has 0 fully saturated rings. The van der Waals surface area contributed by atoms with Gasteiger partial charge in [-0.1, -0.05) is 42.5 Å². The summed E-state index contributed by atoms with van der Waals surface area (Å²) >= 11 is 3.35. The Morgan fingerprint density at radius 3 is 2.53 bits per heavy atom. The fourth-order valence-corrected chi connectivity index (χ4v) is 3.85. The molecule has 7 heteroatoms. The quantitative estimate of drug-likeness (QED) is 0.571. The molecule has 0 unspecified atom stereocenters. The Labute approximate surface area is 182 Å². The third kappa shape index (κ3) is 4.21. The second-order valence-electron chi connectivity index (χ2n) is 6.96. The van der Waals surface area contributed by atoms with E-state index in [1.54, 1.807) is 19.4 Å². The van der Waals surface area contributed by atoms with Crippen molar-refractivity contribution >= 4 is 27.5 Å². The van der Waals surface area contributed by atoms with E-state index >= 15 is 0 Å². The molecule has 0 bridgehead atoms. The van der Waals surface area contributed by atoms with Crippen molar-refractivity contribution in [1.29, 1.82) is 0 Å². The molecule has 0 radical (unpaired) electrons. The van der Waals surface area contributed by atoms with Crippen LogP contribution in [0.15, 0.2) is 87.3 Å². The smallest absolute Gasteiger partial charge is 0.263 e. The van der Waals surface area contributed by atoms with Crippen molar-refractivity contribution in [1.82, 2.24) is 9.58 Å². The Balaban J connectivity index is 1.67. The van der Waals surface area contributed by atoms with E-state index in [-0.39, 0.29) is 24.1 Å². The Bertz CT molecular complexity index is 1140. The molecule has 6 nitrogen and oxygen atoms in total. The number of amides is 1. The Morgan fingerprint density at radius 1 is 1.10 bits per heavy atom. The van der Waals surface area contributed by atoms with Gasteiger partial charge in [-0.3, -0.25) is 9.59 Å². The van der Waals surface area contributed by atoms with Gasteiger partial charge in [-0.25, -0.2) is 5.01 Å². The van der Waals surface area contributed by atoms with E-state index in [1.807, 2.05) is 54.6 Å². The fourth-order valence-electron chi connectivity index (χ4n) is 3.47. The van der Waals surface area contributed by atoms with Crippen LogP contribution in [0.25, 0.3) is 0 Å². The summed E-state index contributed by atoms with van der Waals surface area (Å²) in [6, 6.07) is 20.3. The van der Waals surface area contributed by atoms with Crippen molar-refractivity contribution in [2.75, 3.05) is 7.11 Å². The van der Waals surface area contributed by atoms with Crippen molar-refractivity contribution in [2.24, 2.45) is 5.10 Å². The summed E-state index contributed by atoms with van der Waals surface area (Å²) in [5.74, 6) is 0.501. The van der Waals surface area contributed by atoms with E-state index in [4.69, 9.17) is 4.74 Å². The molecule has 0 saturated carbocycles. The van der Waals surface area contributed by atoms with Crippen LogP contribution in [0.5, 0.6) is 5.75 Å². The van der Waals surface area contributed by atoms with Gasteiger partial charge in [0.15, 0.2) is 0 Å². The molecule has 1 amide bonds. The summed E-state index contributed by atoms with van der Waals surface area (Å²) in [5.41, 5.74) is 2.54. The highest BCUT2D eigenvalue weighted by molar-refractivity contribution is 9.10. The first-order chi connectivity index (χ1) is 14.5. The molecule has 1 aromatic heterocycles. The lowest BCUT2D eigenvalue weighted by atomic mass is 9.98. The lowest BCUT2D eigenvalue weighted by molar-refractivity contribution is -0.133. The summed E-state index contributed by atoms with van der Waals surface area (Å²) in [4.78, 5) is 25.3. The minimum atomic E-state index is -0.249. The molecular weight excluding hydrogens is 446 g/mol. The van der Waals surface area contributed by atoms with E-state index in [0.29, 0.717) is 6.42 Å². The van der Waals surface area contributed by atoms with Crippen LogP contribution in [0.1, 0.15) is 23.6 Å². The number of carbonyl (C=O) groups is 1. The van der Waals surface area contributed by atoms with Crippen LogP contribution in [-0.4, -0.2) is 28.3 Å². The number of carbonyl (C=O) groups excluding carboxylic acids is 1. The molecule has 0 spiro atoms. The molecule has 1 aliphatic heterocycles. The summed E-state index contributed by atoms with van der Waals surface area (Å²) in [7, 11) is 1.62. The lowest BCUT2D eigenvalue weighted by Gasteiger charge is -2.22. The van der Waals surface area contributed by atoms with E-state index in [0.717, 1.165) is 27.1 Å². The normalized spacial score (nSPS) is 15.7. The van der Waals surface area contributed by atoms with Gasteiger partial charge in [0.05, 0.1) is 18.9 Å². The summed E-state index contributed by atoms with van der Waals surface area (Å²) < 4.78 is 7.36. The maximum Gasteiger partial charge on any atom is 0.263 e. The lowest BCUT2D eigenvalue weighted by Crippen LogP contribution is -2.33. The molecule has 1 atom stereocenters. The summed E-state index contributed by atoms with van der Waals surface area (Å²) in [5, 5.41) is 6.15. The van der Waals surface area contributed by atoms with Gasteiger partial charge < -0.3 is 9.30 Å². The molecule has 4 rings (SSSR count). The highest BCUT2D eigenvalue weighted by atomic mass is 79.9. The van der Waals surface area contributed by atoms with Crippen molar-refractivity contribution in [3.63, 3.8) is 0 Å². The van der Waals surface area contributed by atoms with Gasteiger partial charge in [0.2, 0.25) is 0 Å². The van der Waals surface area contributed by atoms with Crippen LogP contribution in [0.2, 0.25) is 0 Å². The molecule has 30 heavy (non-hydrogen) atoms. The topological polar surface area (TPSA) is 63.9 Å². The zero-order chi connectivity index (χ0) is 21.1. The van der Waals surface area contributed by atoms with Gasteiger partial charge in [0.1, 0.15) is 12.3 Å². The number of benzene rings is 2. The molecule has 0 aliphatic carbocycles. The van der Waals surface area contributed by atoms with Crippen molar-refractivity contribution in [3.05, 3.63) is 98.9 Å². The number of nitrogens with zero attached hydrogens (tertiary/aromatic N) is 3. The average Bonchev–Trinajstić information content (AvgIpc) is 3.23. The average molecular weight is 466 g/mol. The van der Waals surface area contributed by atoms with E-state index in [2.05, 4.69) is 21.0 Å². The van der Waals surface area contributed by atoms with Crippen LogP contribution < -0.4 is 10.3 Å². The monoisotopic (exact) mass is 465 g/mol. The molecule has 1 aliphatic rings. The third-order valence-corrected chi connectivity index (χ3v) is 5.50. The van der Waals surface area contributed by atoms with Gasteiger partial charge >= 0.3 is 0 Å². The highest BCUT2D eigenvalue weighted by Gasteiger charge is 2.33. The van der Waals surface area contributed by atoms with Crippen molar-refractivity contribution < 1.29 is 9.53 Å². The molecule has 152 valence electrons. The van der Waals surface area contributed by atoms with E-state index in [1.165, 1.54) is 15.6 Å². The minimum Gasteiger partial charge on any atom is -0.497 e. The van der Waals surface area contributed by atoms with Crippen LogP contribution in [0.3, 0.4) is 0 Å². The number of methoxy groups -OCH3 is 1. The van der Waals surface area contributed by atoms with Crippen molar-refractivity contribution in [2.45, 2.75) is 19.0 Å². The van der Waals surface area contributed by atoms with Crippen LogP contribution in [0, 0.1) is 0 Å². The Morgan fingerprint density at radius 2 is 1.83 bits per heavy atom. The minimum absolute atomic E-state index is 0.0868. The number of hydrazone groups is 1.